The SMILES string of the molecule is Cc1cccc(N2CC(CNC(=O)Cc3ccccc3)OC2=O)c1. The molecule has 1 N–H and O–H groups in total. The van der Waals surface area contributed by atoms with Crippen LogP contribution in [0.4, 0.5) is 10.5 Å². The largest absolute Gasteiger partial charge is 0.442 e. The molecule has 1 aliphatic rings. The molecule has 0 radical (unpaired) electrons. The Hall–Kier alpha value is -2.82. The molecule has 0 bridgehead atoms. The van der Waals surface area contributed by atoms with Crippen molar-refractivity contribution in [1.82, 2.24) is 5.32 Å². The van der Waals surface area contributed by atoms with Gasteiger partial charge in [0.1, 0.15) is 6.10 Å². The predicted octanol–water partition coefficient (Wildman–Crippen LogP) is 2.68. The fourth-order valence-corrected chi connectivity index (χ4v) is 2.71. The van der Waals surface area contributed by atoms with Crippen LogP contribution in [0.15, 0.2) is 54.6 Å². The van der Waals surface area contributed by atoms with E-state index in [0.29, 0.717) is 19.5 Å². The molecule has 2 aromatic carbocycles. The molecule has 0 aromatic heterocycles. The molecular weight excluding hydrogens is 304 g/mol. The summed E-state index contributed by atoms with van der Waals surface area (Å²) in [5.74, 6) is -0.0775. The van der Waals surface area contributed by atoms with Crippen LogP contribution in [0.1, 0.15) is 11.1 Å². The minimum atomic E-state index is -0.372. The van der Waals surface area contributed by atoms with Gasteiger partial charge < -0.3 is 10.1 Å². The van der Waals surface area contributed by atoms with Crippen molar-refractivity contribution in [3.8, 4) is 0 Å². The summed E-state index contributed by atoms with van der Waals surface area (Å²) in [5, 5.41) is 2.83. The van der Waals surface area contributed by atoms with E-state index in [1.54, 1.807) is 4.90 Å². The van der Waals surface area contributed by atoms with Crippen LogP contribution < -0.4 is 10.2 Å². The van der Waals surface area contributed by atoms with E-state index < -0.39 is 0 Å². The summed E-state index contributed by atoms with van der Waals surface area (Å²) in [5.41, 5.74) is 2.86. The topological polar surface area (TPSA) is 58.6 Å². The van der Waals surface area contributed by atoms with Crippen LogP contribution in [-0.4, -0.2) is 31.2 Å². The van der Waals surface area contributed by atoms with Crippen LogP contribution in [-0.2, 0) is 16.0 Å². The first-order valence-electron chi connectivity index (χ1n) is 7.97. The molecule has 3 rings (SSSR count). The number of hydrogen-bond acceptors (Lipinski definition) is 3. The number of aryl methyl sites for hydroxylation is 1. The third-order valence-electron chi connectivity index (χ3n) is 3.92. The molecule has 24 heavy (non-hydrogen) atoms. The molecule has 5 nitrogen and oxygen atoms in total. The first kappa shape index (κ1) is 16.1. The van der Waals surface area contributed by atoms with Gasteiger partial charge in [0.15, 0.2) is 0 Å². The standard InChI is InChI=1S/C19H20N2O3/c1-14-6-5-9-16(10-14)21-13-17(24-19(21)23)12-20-18(22)11-15-7-3-2-4-8-15/h2-10,17H,11-13H2,1H3,(H,20,22). The zero-order valence-electron chi connectivity index (χ0n) is 13.6. The predicted molar refractivity (Wildman–Crippen MR) is 91.9 cm³/mol. The number of benzene rings is 2. The quantitative estimate of drug-likeness (QED) is 0.920. The highest BCUT2D eigenvalue weighted by Crippen LogP contribution is 2.22. The second kappa shape index (κ2) is 7.17. The highest BCUT2D eigenvalue weighted by Gasteiger charge is 2.32. The number of hydrogen-bond donors (Lipinski definition) is 1. The molecule has 1 unspecified atom stereocenters. The zero-order chi connectivity index (χ0) is 16.9. The Bertz CT molecular complexity index is 730. The average Bonchev–Trinajstić information content (AvgIpc) is 2.95. The molecule has 5 heteroatoms. The Morgan fingerprint density at radius 3 is 2.75 bits per heavy atom. The van der Waals surface area contributed by atoms with Gasteiger partial charge in [0.05, 0.1) is 19.5 Å². The lowest BCUT2D eigenvalue weighted by molar-refractivity contribution is -0.120. The smallest absolute Gasteiger partial charge is 0.414 e. The van der Waals surface area contributed by atoms with Crippen molar-refractivity contribution in [2.75, 3.05) is 18.0 Å². The van der Waals surface area contributed by atoms with Crippen LogP contribution in [0.25, 0.3) is 0 Å². The summed E-state index contributed by atoms with van der Waals surface area (Å²) in [4.78, 5) is 25.6. The van der Waals surface area contributed by atoms with Crippen molar-refractivity contribution in [3.05, 3.63) is 65.7 Å². The number of nitrogens with zero attached hydrogens (tertiary/aromatic N) is 1. The minimum Gasteiger partial charge on any atom is -0.442 e. The van der Waals surface area contributed by atoms with Crippen LogP contribution in [0.2, 0.25) is 0 Å². The van der Waals surface area contributed by atoms with Crippen LogP contribution in [0.3, 0.4) is 0 Å². The van der Waals surface area contributed by atoms with Gasteiger partial charge in [-0.3, -0.25) is 9.69 Å². The molecule has 124 valence electrons. The van der Waals surface area contributed by atoms with E-state index in [1.807, 2.05) is 61.5 Å². The first-order chi connectivity index (χ1) is 11.6. The molecule has 1 heterocycles. The molecule has 1 fully saturated rings. The van der Waals surface area contributed by atoms with Gasteiger partial charge in [0, 0.05) is 5.69 Å². The van der Waals surface area contributed by atoms with Gasteiger partial charge >= 0.3 is 6.09 Å². The number of amides is 2. The van der Waals surface area contributed by atoms with Crippen LogP contribution in [0.5, 0.6) is 0 Å². The van der Waals surface area contributed by atoms with Crippen LogP contribution in [0, 0.1) is 6.92 Å². The molecule has 0 saturated carbocycles. The number of nitrogens with one attached hydrogen (secondary N) is 1. The summed E-state index contributed by atoms with van der Waals surface area (Å²) in [6.45, 7) is 2.74. The highest BCUT2D eigenvalue weighted by molar-refractivity contribution is 5.90. The molecule has 1 atom stereocenters. The summed E-state index contributed by atoms with van der Waals surface area (Å²) in [7, 11) is 0. The number of cyclic esters (lactones) is 1. The molecular formula is C19H20N2O3. The summed E-state index contributed by atoms with van der Waals surface area (Å²) < 4.78 is 5.34. The molecule has 2 amide bonds. The Morgan fingerprint density at radius 1 is 1.21 bits per heavy atom. The summed E-state index contributed by atoms with van der Waals surface area (Å²) in [6, 6.07) is 17.3. The fourth-order valence-electron chi connectivity index (χ4n) is 2.71. The van der Waals surface area contributed by atoms with Crippen molar-refractivity contribution in [2.24, 2.45) is 0 Å². The third kappa shape index (κ3) is 3.93. The highest BCUT2D eigenvalue weighted by atomic mass is 16.6. The van der Waals surface area contributed by atoms with Crippen LogP contribution >= 0.6 is 0 Å². The maximum Gasteiger partial charge on any atom is 0.414 e. The molecule has 1 saturated heterocycles. The van der Waals surface area contributed by atoms with Crippen molar-refractivity contribution < 1.29 is 14.3 Å². The number of carbonyl (C=O) groups excluding carboxylic acids is 2. The zero-order valence-corrected chi connectivity index (χ0v) is 13.6. The Labute approximate surface area is 141 Å². The van der Waals surface area contributed by atoms with Crippen molar-refractivity contribution in [1.29, 1.82) is 0 Å². The van der Waals surface area contributed by atoms with Gasteiger partial charge in [0.25, 0.3) is 0 Å². The number of rotatable bonds is 5. The fraction of sp³-hybridized carbons (Fsp3) is 0.263. The molecule has 1 aliphatic heterocycles. The summed E-state index contributed by atoms with van der Waals surface area (Å²) in [6.07, 6.45) is -0.385. The van der Waals surface area contributed by atoms with E-state index >= 15 is 0 Å². The van der Waals surface area contributed by atoms with Gasteiger partial charge in [-0.05, 0) is 30.2 Å². The first-order valence-corrected chi connectivity index (χ1v) is 7.97. The maximum absolute atomic E-state index is 12.0. The monoisotopic (exact) mass is 324 g/mol. The molecule has 0 spiro atoms. The van der Waals surface area contributed by atoms with Crippen molar-refractivity contribution >= 4 is 17.7 Å². The molecule has 2 aromatic rings. The second-order valence-electron chi connectivity index (χ2n) is 5.92. The van der Waals surface area contributed by atoms with Gasteiger partial charge in [-0.2, -0.15) is 0 Å². The lowest BCUT2D eigenvalue weighted by Gasteiger charge is -2.13. The Kier molecular flexibility index (Phi) is 4.79. The van der Waals surface area contributed by atoms with E-state index in [9.17, 15) is 9.59 Å². The Morgan fingerprint density at radius 2 is 2.00 bits per heavy atom. The normalized spacial score (nSPS) is 16.8. The number of carbonyl (C=O) groups is 2. The van der Waals surface area contributed by atoms with E-state index in [0.717, 1.165) is 16.8 Å². The van der Waals surface area contributed by atoms with Gasteiger partial charge in [-0.1, -0.05) is 42.5 Å². The number of anilines is 1. The van der Waals surface area contributed by atoms with E-state index in [2.05, 4.69) is 5.32 Å². The third-order valence-corrected chi connectivity index (χ3v) is 3.92. The minimum absolute atomic E-state index is 0.0775. The van der Waals surface area contributed by atoms with Crippen molar-refractivity contribution in [3.63, 3.8) is 0 Å². The van der Waals surface area contributed by atoms with E-state index in [1.165, 1.54) is 0 Å². The average molecular weight is 324 g/mol. The lowest BCUT2D eigenvalue weighted by atomic mass is 10.1. The lowest BCUT2D eigenvalue weighted by Crippen LogP contribution is -2.35. The van der Waals surface area contributed by atoms with Gasteiger partial charge in [0.2, 0.25) is 5.91 Å². The maximum atomic E-state index is 12.0. The van der Waals surface area contributed by atoms with Gasteiger partial charge in [-0.15, -0.1) is 0 Å². The van der Waals surface area contributed by atoms with Crippen molar-refractivity contribution in [2.45, 2.75) is 19.4 Å². The molecule has 0 aliphatic carbocycles. The van der Waals surface area contributed by atoms with Gasteiger partial charge in [-0.25, -0.2) is 4.79 Å². The van der Waals surface area contributed by atoms with E-state index in [4.69, 9.17) is 4.74 Å². The summed E-state index contributed by atoms with van der Waals surface area (Å²) >= 11 is 0. The Balaban J connectivity index is 1.52. The number of ether oxygens (including phenoxy) is 1. The van der Waals surface area contributed by atoms with E-state index in [-0.39, 0.29) is 18.1 Å². The second-order valence-corrected chi connectivity index (χ2v) is 5.92.